The molecule has 0 amide bonds. The van der Waals surface area contributed by atoms with Crippen LogP contribution in [0.3, 0.4) is 0 Å². The number of aromatic amines is 1. The number of benzene rings is 2. The minimum Gasteiger partial charge on any atom is -0.358 e. The first-order valence-electron chi connectivity index (χ1n) is 8.66. The summed E-state index contributed by atoms with van der Waals surface area (Å²) in [5.74, 6) is 0. The molecule has 2 aromatic heterocycles. The predicted octanol–water partition coefficient (Wildman–Crippen LogP) is 5.07. The molecule has 0 bridgehead atoms. The zero-order chi connectivity index (χ0) is 19.2. The summed E-state index contributed by atoms with van der Waals surface area (Å²) in [6.45, 7) is 6.01. The highest BCUT2D eigenvalue weighted by Crippen LogP contribution is 2.31. The van der Waals surface area contributed by atoms with Crippen LogP contribution in [0.1, 0.15) is 25.0 Å². The van der Waals surface area contributed by atoms with Crippen LogP contribution in [0.4, 0.5) is 5.69 Å². The minimum atomic E-state index is 0.665. The third kappa shape index (κ3) is 3.81. The topological polar surface area (TPSA) is 82.3 Å². The second-order valence-electron chi connectivity index (χ2n) is 5.54. The van der Waals surface area contributed by atoms with Crippen molar-refractivity contribution in [1.82, 2.24) is 20.0 Å². The van der Waals surface area contributed by atoms with Crippen LogP contribution < -0.4 is 4.72 Å². The van der Waals surface area contributed by atoms with Crippen molar-refractivity contribution in [3.63, 3.8) is 0 Å². The molecule has 0 unspecified atom stereocenters. The summed E-state index contributed by atoms with van der Waals surface area (Å²) >= 11 is 1.52. The van der Waals surface area contributed by atoms with Gasteiger partial charge in [0.25, 0.3) is 0 Å². The molecule has 0 aliphatic rings. The number of hydrogen-bond donors (Lipinski definition) is 2. The Labute approximate surface area is 162 Å². The third-order valence-electron chi connectivity index (χ3n) is 3.97. The quantitative estimate of drug-likeness (QED) is 0.486. The second kappa shape index (κ2) is 8.43. The molecule has 0 saturated carbocycles. The lowest BCUT2D eigenvalue weighted by Gasteiger charge is -2.09. The van der Waals surface area contributed by atoms with E-state index in [1.807, 2.05) is 57.2 Å². The van der Waals surface area contributed by atoms with Gasteiger partial charge < -0.3 is 9.71 Å². The first-order chi connectivity index (χ1) is 13.3. The SMILES string of the molecule is CC.Cc1ccc(NSc2ccc(-n3ccnn3)cc2)c2[nH]cc(C#N)c12. The lowest BCUT2D eigenvalue weighted by Crippen LogP contribution is -1.95. The Hall–Kier alpha value is -3.24. The summed E-state index contributed by atoms with van der Waals surface area (Å²) in [4.78, 5) is 4.27. The van der Waals surface area contributed by atoms with Crippen LogP contribution in [-0.4, -0.2) is 20.0 Å². The van der Waals surface area contributed by atoms with Crippen LogP contribution in [0, 0.1) is 18.3 Å². The van der Waals surface area contributed by atoms with E-state index < -0.39 is 0 Å². The maximum atomic E-state index is 9.24. The molecule has 2 heterocycles. The molecular weight excluding hydrogens is 356 g/mol. The Morgan fingerprint density at radius 3 is 2.59 bits per heavy atom. The van der Waals surface area contributed by atoms with Crippen molar-refractivity contribution < 1.29 is 0 Å². The maximum absolute atomic E-state index is 9.24. The lowest BCUT2D eigenvalue weighted by molar-refractivity contribution is 0.802. The molecule has 4 rings (SSSR count). The van der Waals surface area contributed by atoms with E-state index in [0.717, 1.165) is 32.7 Å². The van der Waals surface area contributed by atoms with Crippen LogP contribution in [0.2, 0.25) is 0 Å². The number of fused-ring (bicyclic) bond motifs is 1. The van der Waals surface area contributed by atoms with Gasteiger partial charge in [0.2, 0.25) is 0 Å². The van der Waals surface area contributed by atoms with Gasteiger partial charge in [-0.1, -0.05) is 25.1 Å². The number of H-pyrrole nitrogens is 1. The number of aromatic nitrogens is 4. The van der Waals surface area contributed by atoms with Crippen molar-refractivity contribution >= 4 is 28.5 Å². The van der Waals surface area contributed by atoms with Gasteiger partial charge in [-0.05, 0) is 54.8 Å². The fourth-order valence-corrected chi connectivity index (χ4v) is 3.39. The average Bonchev–Trinajstić information content (AvgIpc) is 3.40. The van der Waals surface area contributed by atoms with Crippen LogP contribution in [0.15, 0.2) is 59.9 Å². The van der Waals surface area contributed by atoms with Crippen molar-refractivity contribution in [2.75, 3.05) is 4.72 Å². The van der Waals surface area contributed by atoms with E-state index in [-0.39, 0.29) is 0 Å². The maximum Gasteiger partial charge on any atom is 0.101 e. The van der Waals surface area contributed by atoms with E-state index in [9.17, 15) is 5.26 Å². The second-order valence-corrected chi connectivity index (χ2v) is 6.42. The van der Waals surface area contributed by atoms with Crippen LogP contribution in [0.5, 0.6) is 0 Å². The molecule has 2 aromatic carbocycles. The summed E-state index contributed by atoms with van der Waals surface area (Å²) in [7, 11) is 0. The van der Waals surface area contributed by atoms with E-state index in [1.54, 1.807) is 23.3 Å². The first-order valence-corrected chi connectivity index (χ1v) is 9.48. The van der Waals surface area contributed by atoms with Crippen LogP contribution in [-0.2, 0) is 0 Å². The van der Waals surface area contributed by atoms with Gasteiger partial charge in [-0.25, -0.2) is 4.68 Å². The van der Waals surface area contributed by atoms with Gasteiger partial charge in [0.15, 0.2) is 0 Å². The molecule has 136 valence electrons. The van der Waals surface area contributed by atoms with Crippen molar-refractivity contribution in [1.29, 1.82) is 5.26 Å². The number of nitrogens with one attached hydrogen (secondary N) is 2. The molecule has 0 radical (unpaired) electrons. The molecule has 0 fully saturated rings. The van der Waals surface area contributed by atoms with E-state index >= 15 is 0 Å². The van der Waals surface area contributed by atoms with Gasteiger partial charge in [-0.3, -0.25) is 0 Å². The number of hydrogen-bond acceptors (Lipinski definition) is 5. The van der Waals surface area contributed by atoms with Gasteiger partial charge in [0.1, 0.15) is 6.07 Å². The Kier molecular flexibility index (Phi) is 5.79. The highest BCUT2D eigenvalue weighted by atomic mass is 32.2. The summed E-state index contributed by atoms with van der Waals surface area (Å²) in [6, 6.07) is 14.3. The average molecular weight is 376 g/mol. The van der Waals surface area contributed by atoms with Crippen molar-refractivity contribution in [3.05, 3.63) is 66.1 Å². The highest BCUT2D eigenvalue weighted by Gasteiger charge is 2.10. The zero-order valence-corrected chi connectivity index (χ0v) is 16.2. The normalized spacial score (nSPS) is 10.1. The van der Waals surface area contributed by atoms with E-state index in [2.05, 4.69) is 26.1 Å². The summed E-state index contributed by atoms with van der Waals surface area (Å²) in [6.07, 6.45) is 5.21. The Balaban J connectivity index is 0.00000102. The molecule has 0 aliphatic carbocycles. The number of rotatable bonds is 4. The minimum absolute atomic E-state index is 0.665. The van der Waals surface area contributed by atoms with Crippen molar-refractivity contribution in [2.24, 2.45) is 0 Å². The fraction of sp³-hybridized carbons (Fsp3) is 0.150. The standard InChI is InChI=1S/C18H14N6S.C2H6/c1-12-2-7-16(18-17(12)13(10-19)11-20-18)22-25-15-5-3-14(4-6-15)24-9-8-21-23-24;1-2/h2-9,11,20,22H,1H3;1-2H3. The molecular formula is C20H20N6S. The number of nitriles is 1. The molecule has 2 N–H and O–H groups in total. The fourth-order valence-electron chi connectivity index (χ4n) is 2.72. The van der Waals surface area contributed by atoms with Crippen molar-refractivity contribution in [3.8, 4) is 11.8 Å². The van der Waals surface area contributed by atoms with E-state index in [1.165, 1.54) is 11.9 Å². The molecule has 7 heteroatoms. The van der Waals surface area contributed by atoms with E-state index in [0.29, 0.717) is 5.56 Å². The summed E-state index contributed by atoms with van der Waals surface area (Å²) in [5.41, 5.74) is 4.61. The first kappa shape index (κ1) is 18.5. The number of nitrogens with zero attached hydrogens (tertiary/aromatic N) is 4. The van der Waals surface area contributed by atoms with Gasteiger partial charge >= 0.3 is 0 Å². The number of aryl methyl sites for hydroxylation is 1. The monoisotopic (exact) mass is 376 g/mol. The molecule has 0 saturated heterocycles. The smallest absolute Gasteiger partial charge is 0.101 e. The Bertz CT molecular complexity index is 1060. The largest absolute Gasteiger partial charge is 0.358 e. The van der Waals surface area contributed by atoms with E-state index in [4.69, 9.17) is 0 Å². The summed E-state index contributed by atoms with van der Waals surface area (Å²) in [5, 5.41) is 18.0. The number of anilines is 1. The van der Waals surface area contributed by atoms with Gasteiger partial charge in [-0.2, -0.15) is 5.26 Å². The predicted molar refractivity (Wildman–Crippen MR) is 110 cm³/mol. The van der Waals surface area contributed by atoms with Gasteiger partial charge in [0.05, 0.1) is 34.8 Å². The molecule has 0 atom stereocenters. The lowest BCUT2D eigenvalue weighted by atomic mass is 10.1. The third-order valence-corrected chi connectivity index (χ3v) is 4.80. The van der Waals surface area contributed by atoms with Gasteiger partial charge in [-0.15, -0.1) is 5.10 Å². The highest BCUT2D eigenvalue weighted by molar-refractivity contribution is 8.00. The van der Waals surface area contributed by atoms with Crippen molar-refractivity contribution in [2.45, 2.75) is 25.7 Å². The molecule has 0 aliphatic heterocycles. The van der Waals surface area contributed by atoms with Crippen LogP contribution >= 0.6 is 11.9 Å². The Morgan fingerprint density at radius 1 is 1.15 bits per heavy atom. The van der Waals surface area contributed by atoms with Gasteiger partial charge in [0, 0.05) is 16.5 Å². The molecule has 6 nitrogen and oxygen atoms in total. The summed E-state index contributed by atoms with van der Waals surface area (Å²) < 4.78 is 5.08. The Morgan fingerprint density at radius 2 is 1.93 bits per heavy atom. The van der Waals surface area contributed by atoms with Crippen LogP contribution in [0.25, 0.3) is 16.6 Å². The zero-order valence-electron chi connectivity index (χ0n) is 15.4. The molecule has 0 spiro atoms. The molecule has 27 heavy (non-hydrogen) atoms. The molecule has 4 aromatic rings.